The highest BCUT2D eigenvalue weighted by atomic mass is 16.6. The molecule has 0 aliphatic carbocycles. The normalized spacial score (nSPS) is 22.2. The molecule has 1 atom stereocenters. The number of hydrogen-bond acceptors (Lipinski definition) is 3. The van der Waals surface area contributed by atoms with Crippen LogP contribution in [0.4, 0.5) is 0 Å². The molecule has 0 saturated carbocycles. The van der Waals surface area contributed by atoms with Gasteiger partial charge >= 0.3 is 11.9 Å². The van der Waals surface area contributed by atoms with Gasteiger partial charge in [-0.1, -0.05) is 38.2 Å². The Morgan fingerprint density at radius 1 is 1.40 bits per heavy atom. The molecule has 1 aliphatic rings. The maximum absolute atomic E-state index is 11.0. The van der Waals surface area contributed by atoms with Crippen LogP contribution in [0, 0.1) is 11.8 Å². The molecule has 0 bridgehead atoms. The molecule has 0 aromatic rings. The molecular weight excluding hydrogens is 192 g/mol. The molecule has 1 unspecified atom stereocenters. The van der Waals surface area contributed by atoms with Gasteiger partial charge in [0.2, 0.25) is 0 Å². The zero-order valence-corrected chi connectivity index (χ0v) is 9.10. The van der Waals surface area contributed by atoms with Gasteiger partial charge < -0.3 is 4.74 Å². The minimum absolute atomic E-state index is 0.174. The highest BCUT2D eigenvalue weighted by Crippen LogP contribution is 2.16. The second-order valence-electron chi connectivity index (χ2n) is 4.05. The third kappa shape index (κ3) is 4.11. The van der Waals surface area contributed by atoms with Crippen molar-refractivity contribution in [2.45, 2.75) is 26.7 Å². The van der Waals surface area contributed by atoms with E-state index in [1.807, 2.05) is 12.2 Å². The predicted octanol–water partition coefficient (Wildman–Crippen LogP) is 2.23. The number of esters is 2. The molecule has 0 N–H and O–H groups in total. The molecule has 82 valence electrons. The Morgan fingerprint density at radius 3 is 2.67 bits per heavy atom. The lowest BCUT2D eigenvalue weighted by Gasteiger charge is -1.95. The fourth-order valence-corrected chi connectivity index (χ4v) is 1.27. The summed E-state index contributed by atoms with van der Waals surface area (Å²) in [6.07, 6.45) is 8.64. The van der Waals surface area contributed by atoms with Crippen LogP contribution in [0.25, 0.3) is 0 Å². The summed E-state index contributed by atoms with van der Waals surface area (Å²) in [7, 11) is 0. The number of allylic oxidation sites excluding steroid dienone is 3. The zero-order chi connectivity index (χ0) is 11.3. The van der Waals surface area contributed by atoms with E-state index in [2.05, 4.69) is 18.6 Å². The lowest BCUT2D eigenvalue weighted by molar-refractivity contribution is -0.152. The molecule has 15 heavy (non-hydrogen) atoms. The summed E-state index contributed by atoms with van der Waals surface area (Å²) in [5.74, 6) is -0.622. The lowest BCUT2D eigenvalue weighted by atomic mass is 10.1. The van der Waals surface area contributed by atoms with Crippen LogP contribution < -0.4 is 0 Å². The maximum atomic E-state index is 11.0. The van der Waals surface area contributed by atoms with Crippen molar-refractivity contribution in [3.63, 3.8) is 0 Å². The number of ether oxygens (including phenoxy) is 1. The minimum Gasteiger partial charge on any atom is -0.393 e. The van der Waals surface area contributed by atoms with Gasteiger partial charge in [-0.25, -0.2) is 0 Å². The van der Waals surface area contributed by atoms with Crippen molar-refractivity contribution in [1.82, 2.24) is 0 Å². The molecular formula is C12H16O3. The van der Waals surface area contributed by atoms with Crippen molar-refractivity contribution in [3.05, 3.63) is 24.3 Å². The monoisotopic (exact) mass is 208 g/mol. The summed E-state index contributed by atoms with van der Waals surface area (Å²) >= 11 is 0. The van der Waals surface area contributed by atoms with E-state index in [1.165, 1.54) is 0 Å². The molecule has 1 rings (SSSR count). The summed E-state index contributed by atoms with van der Waals surface area (Å²) in [6, 6.07) is 0. The second-order valence-corrected chi connectivity index (χ2v) is 4.05. The Morgan fingerprint density at radius 2 is 2.13 bits per heavy atom. The Labute approximate surface area is 89.8 Å². The first kappa shape index (κ1) is 11.7. The molecule has 0 amide bonds. The number of hydrogen-bond donors (Lipinski definition) is 0. The van der Waals surface area contributed by atoms with Crippen LogP contribution in [0.1, 0.15) is 26.7 Å². The third-order valence-corrected chi connectivity index (χ3v) is 2.10. The fraction of sp³-hybridized carbons (Fsp3) is 0.500. The van der Waals surface area contributed by atoms with E-state index in [0.29, 0.717) is 5.92 Å². The van der Waals surface area contributed by atoms with Crippen molar-refractivity contribution in [2.75, 3.05) is 0 Å². The van der Waals surface area contributed by atoms with E-state index in [4.69, 9.17) is 0 Å². The number of carbonyl (C=O) groups excluding carboxylic acids is 2. The van der Waals surface area contributed by atoms with Crippen LogP contribution in [0.15, 0.2) is 24.3 Å². The summed E-state index contributed by atoms with van der Waals surface area (Å²) in [6.45, 7) is 4.28. The first-order chi connectivity index (χ1) is 7.09. The van der Waals surface area contributed by atoms with Gasteiger partial charge in [0.05, 0.1) is 12.3 Å². The van der Waals surface area contributed by atoms with Crippen molar-refractivity contribution >= 4 is 11.9 Å². The van der Waals surface area contributed by atoms with Gasteiger partial charge in [0, 0.05) is 0 Å². The molecule has 0 spiro atoms. The standard InChI is InChI=1S/C12H16O3/c1-9(2)6-4-3-5-7-10-8-11(13)15-12(10)14/h3-5,7,9-10H,6,8H2,1-2H3. The van der Waals surface area contributed by atoms with E-state index in [-0.39, 0.29) is 12.3 Å². The van der Waals surface area contributed by atoms with Gasteiger partial charge in [0.25, 0.3) is 0 Å². The minimum atomic E-state index is -0.437. The number of cyclic esters (lactones) is 2. The van der Waals surface area contributed by atoms with Crippen LogP contribution in [0.5, 0.6) is 0 Å². The second kappa shape index (κ2) is 5.49. The van der Waals surface area contributed by atoms with Gasteiger partial charge in [-0.2, -0.15) is 0 Å². The smallest absolute Gasteiger partial charge is 0.321 e. The van der Waals surface area contributed by atoms with Gasteiger partial charge in [0.1, 0.15) is 0 Å². The molecule has 1 fully saturated rings. The SMILES string of the molecule is CC(C)CC=CC=CC1CC(=O)OC1=O. The van der Waals surface area contributed by atoms with Crippen molar-refractivity contribution in [1.29, 1.82) is 0 Å². The Kier molecular flexibility index (Phi) is 4.28. The van der Waals surface area contributed by atoms with Crippen LogP contribution in [-0.2, 0) is 14.3 Å². The van der Waals surface area contributed by atoms with Crippen LogP contribution in [-0.4, -0.2) is 11.9 Å². The average Bonchev–Trinajstić information content (AvgIpc) is 2.44. The largest absolute Gasteiger partial charge is 0.393 e. The molecule has 1 heterocycles. The van der Waals surface area contributed by atoms with Crippen molar-refractivity contribution in [3.8, 4) is 0 Å². The molecule has 3 nitrogen and oxygen atoms in total. The number of rotatable bonds is 4. The first-order valence-corrected chi connectivity index (χ1v) is 5.17. The molecule has 0 aromatic carbocycles. The summed E-state index contributed by atoms with van der Waals surface area (Å²) in [5, 5.41) is 0. The Hall–Kier alpha value is -1.38. The van der Waals surface area contributed by atoms with E-state index >= 15 is 0 Å². The molecule has 0 aromatic heterocycles. The zero-order valence-electron chi connectivity index (χ0n) is 9.10. The number of carbonyl (C=O) groups is 2. The third-order valence-electron chi connectivity index (χ3n) is 2.10. The van der Waals surface area contributed by atoms with E-state index in [1.54, 1.807) is 12.2 Å². The molecule has 0 radical (unpaired) electrons. The summed E-state index contributed by atoms with van der Waals surface area (Å²) in [5.41, 5.74) is 0. The van der Waals surface area contributed by atoms with Gasteiger partial charge in [-0.05, 0) is 12.3 Å². The Bertz CT molecular complexity index is 300. The first-order valence-electron chi connectivity index (χ1n) is 5.17. The molecule has 1 aliphatic heterocycles. The Balaban J connectivity index is 2.35. The molecule has 1 saturated heterocycles. The highest BCUT2D eigenvalue weighted by molar-refractivity contribution is 5.95. The summed E-state index contributed by atoms with van der Waals surface area (Å²) < 4.78 is 4.42. The average molecular weight is 208 g/mol. The predicted molar refractivity (Wildman–Crippen MR) is 56.9 cm³/mol. The van der Waals surface area contributed by atoms with E-state index in [9.17, 15) is 9.59 Å². The summed E-state index contributed by atoms with van der Waals surface area (Å²) in [4.78, 5) is 21.8. The molecule has 3 heteroatoms. The van der Waals surface area contributed by atoms with E-state index in [0.717, 1.165) is 6.42 Å². The lowest BCUT2D eigenvalue weighted by Crippen LogP contribution is -2.03. The van der Waals surface area contributed by atoms with Crippen molar-refractivity contribution in [2.24, 2.45) is 11.8 Å². The maximum Gasteiger partial charge on any atom is 0.321 e. The fourth-order valence-electron chi connectivity index (χ4n) is 1.27. The van der Waals surface area contributed by atoms with Crippen LogP contribution >= 0.6 is 0 Å². The van der Waals surface area contributed by atoms with Crippen LogP contribution in [0.3, 0.4) is 0 Å². The van der Waals surface area contributed by atoms with Gasteiger partial charge in [0.15, 0.2) is 0 Å². The topological polar surface area (TPSA) is 43.4 Å². The van der Waals surface area contributed by atoms with Crippen molar-refractivity contribution < 1.29 is 14.3 Å². The van der Waals surface area contributed by atoms with Crippen LogP contribution in [0.2, 0.25) is 0 Å². The van der Waals surface area contributed by atoms with E-state index < -0.39 is 11.9 Å². The van der Waals surface area contributed by atoms with Gasteiger partial charge in [-0.3, -0.25) is 9.59 Å². The quantitative estimate of drug-likeness (QED) is 0.404. The highest BCUT2D eigenvalue weighted by Gasteiger charge is 2.30. The van der Waals surface area contributed by atoms with Gasteiger partial charge in [-0.15, -0.1) is 0 Å².